The fourth-order valence-electron chi connectivity index (χ4n) is 3.31. The first kappa shape index (κ1) is 23.7. The molecule has 0 radical (unpaired) electrons. The lowest BCUT2D eigenvalue weighted by molar-refractivity contribution is 0.00325. The molecule has 0 heterocycles. The minimum atomic E-state index is -0.724. The number of carbonyl (C=O) groups excluding carboxylic acids is 3. The zero-order chi connectivity index (χ0) is 23.5. The summed E-state index contributed by atoms with van der Waals surface area (Å²) < 4.78 is 11.3. The maximum atomic E-state index is 12.8. The van der Waals surface area contributed by atoms with E-state index in [0.717, 1.165) is 0 Å². The summed E-state index contributed by atoms with van der Waals surface area (Å²) in [5, 5.41) is 2.89. The number of esters is 2. The molecular weight excluding hydrogens is 418 g/mol. The Labute approximate surface area is 193 Å². The molecule has 0 aliphatic carbocycles. The molecule has 6 nitrogen and oxygen atoms in total. The number of amides is 1. The van der Waals surface area contributed by atoms with Gasteiger partial charge in [-0.25, -0.2) is 9.59 Å². The van der Waals surface area contributed by atoms with Crippen LogP contribution in [0.25, 0.3) is 0 Å². The van der Waals surface area contributed by atoms with Gasteiger partial charge >= 0.3 is 11.9 Å². The van der Waals surface area contributed by atoms with Crippen LogP contribution >= 0.6 is 0 Å². The monoisotopic (exact) mass is 445 g/mol. The Bertz CT molecular complexity index is 1040. The quantitative estimate of drug-likeness (QED) is 0.459. The largest absolute Gasteiger partial charge is 0.460 e. The predicted octanol–water partition coefficient (Wildman–Crippen LogP) is 4.67. The maximum absolute atomic E-state index is 12.8. The SMILES string of the molecule is CCC[C@H](OC(=O)c1ccccc1)[C@H](COC(=O)c1ccccc1)NC(=O)c1ccccc1. The number of rotatable bonds is 10. The number of ether oxygens (including phenoxy) is 2. The van der Waals surface area contributed by atoms with Gasteiger partial charge < -0.3 is 14.8 Å². The van der Waals surface area contributed by atoms with Crippen molar-refractivity contribution < 1.29 is 23.9 Å². The van der Waals surface area contributed by atoms with Gasteiger partial charge in [-0.3, -0.25) is 4.79 Å². The Morgan fingerprint density at radius 3 is 1.73 bits per heavy atom. The minimum Gasteiger partial charge on any atom is -0.460 e. The van der Waals surface area contributed by atoms with E-state index in [0.29, 0.717) is 29.5 Å². The highest BCUT2D eigenvalue weighted by atomic mass is 16.6. The van der Waals surface area contributed by atoms with E-state index in [1.165, 1.54) is 0 Å². The summed E-state index contributed by atoms with van der Waals surface area (Å²) in [5.41, 5.74) is 1.27. The molecule has 2 atom stereocenters. The van der Waals surface area contributed by atoms with Crippen molar-refractivity contribution in [3.05, 3.63) is 108 Å². The number of hydrogen-bond donors (Lipinski definition) is 1. The molecule has 1 N–H and O–H groups in total. The van der Waals surface area contributed by atoms with E-state index in [4.69, 9.17) is 9.47 Å². The van der Waals surface area contributed by atoms with Crippen LogP contribution in [0.1, 0.15) is 50.8 Å². The normalized spacial score (nSPS) is 12.3. The second kappa shape index (κ2) is 12.2. The van der Waals surface area contributed by atoms with E-state index in [1.807, 2.05) is 19.1 Å². The second-order valence-electron chi connectivity index (χ2n) is 7.51. The lowest BCUT2D eigenvalue weighted by atomic mass is 10.1. The summed E-state index contributed by atoms with van der Waals surface area (Å²) in [7, 11) is 0. The molecule has 170 valence electrons. The number of hydrogen-bond acceptors (Lipinski definition) is 5. The topological polar surface area (TPSA) is 81.7 Å². The van der Waals surface area contributed by atoms with E-state index < -0.39 is 24.1 Å². The van der Waals surface area contributed by atoms with Gasteiger partial charge in [-0.05, 0) is 42.8 Å². The zero-order valence-corrected chi connectivity index (χ0v) is 18.5. The molecule has 6 heteroatoms. The van der Waals surface area contributed by atoms with Crippen LogP contribution < -0.4 is 5.32 Å². The number of carbonyl (C=O) groups is 3. The molecule has 0 spiro atoms. The first-order valence-electron chi connectivity index (χ1n) is 10.9. The molecule has 0 aliphatic heterocycles. The van der Waals surface area contributed by atoms with Crippen LogP contribution in [-0.4, -0.2) is 36.6 Å². The van der Waals surface area contributed by atoms with Crippen LogP contribution in [0.2, 0.25) is 0 Å². The molecule has 3 aromatic carbocycles. The molecule has 0 aromatic heterocycles. The van der Waals surface area contributed by atoms with Crippen molar-refractivity contribution in [1.29, 1.82) is 0 Å². The second-order valence-corrected chi connectivity index (χ2v) is 7.51. The number of nitrogens with one attached hydrogen (secondary N) is 1. The van der Waals surface area contributed by atoms with Gasteiger partial charge in [0.25, 0.3) is 5.91 Å². The molecule has 0 saturated carbocycles. The average Bonchev–Trinajstić information content (AvgIpc) is 2.87. The molecule has 1 amide bonds. The van der Waals surface area contributed by atoms with Crippen LogP contribution in [0.4, 0.5) is 0 Å². The van der Waals surface area contributed by atoms with Crippen molar-refractivity contribution in [2.75, 3.05) is 6.61 Å². The van der Waals surface area contributed by atoms with E-state index in [1.54, 1.807) is 78.9 Å². The summed E-state index contributed by atoms with van der Waals surface area (Å²) in [6, 6.07) is 25.2. The first-order chi connectivity index (χ1) is 16.1. The fourth-order valence-corrected chi connectivity index (χ4v) is 3.31. The van der Waals surface area contributed by atoms with Gasteiger partial charge in [-0.15, -0.1) is 0 Å². The Balaban J connectivity index is 1.78. The molecule has 0 bridgehead atoms. The third-order valence-corrected chi connectivity index (χ3v) is 5.05. The van der Waals surface area contributed by atoms with E-state index in [2.05, 4.69) is 5.32 Å². The highest BCUT2D eigenvalue weighted by molar-refractivity contribution is 5.94. The molecular formula is C27H27NO5. The first-order valence-corrected chi connectivity index (χ1v) is 10.9. The van der Waals surface area contributed by atoms with Crippen molar-refractivity contribution in [3.8, 4) is 0 Å². The smallest absolute Gasteiger partial charge is 0.338 e. The summed E-state index contributed by atoms with van der Waals surface area (Å²) in [6.45, 7) is 1.81. The molecule has 0 unspecified atom stereocenters. The van der Waals surface area contributed by atoms with Crippen LogP contribution in [0.5, 0.6) is 0 Å². The van der Waals surface area contributed by atoms with Crippen LogP contribution in [0.3, 0.4) is 0 Å². The lowest BCUT2D eigenvalue weighted by Gasteiger charge is -2.27. The minimum absolute atomic E-state index is 0.140. The molecule has 3 rings (SSSR count). The molecule has 0 aliphatic rings. The van der Waals surface area contributed by atoms with Gasteiger partial charge in [0, 0.05) is 5.56 Å². The van der Waals surface area contributed by atoms with Gasteiger partial charge in [-0.2, -0.15) is 0 Å². The summed E-state index contributed by atoms with van der Waals surface area (Å²) in [6.07, 6.45) is 0.511. The highest BCUT2D eigenvalue weighted by Gasteiger charge is 2.29. The van der Waals surface area contributed by atoms with Gasteiger partial charge in [-0.1, -0.05) is 67.9 Å². The Kier molecular flexibility index (Phi) is 8.77. The highest BCUT2D eigenvalue weighted by Crippen LogP contribution is 2.14. The summed E-state index contributed by atoms with van der Waals surface area (Å²) in [4.78, 5) is 38.0. The Morgan fingerprint density at radius 1 is 0.727 bits per heavy atom. The molecule has 0 fully saturated rings. The third kappa shape index (κ3) is 7.04. The van der Waals surface area contributed by atoms with Crippen LogP contribution in [-0.2, 0) is 9.47 Å². The standard InChI is InChI=1S/C27H27NO5/c1-2-12-24(33-27(31)22-17-10-5-11-18-22)23(28-25(29)20-13-6-3-7-14-20)19-32-26(30)21-15-8-4-9-16-21/h3-11,13-18,23-24H,2,12,19H2,1H3,(H,28,29)/t23-,24-/m0/s1. The fraction of sp³-hybridized carbons (Fsp3) is 0.222. The number of benzene rings is 3. The van der Waals surface area contributed by atoms with Crippen LogP contribution in [0, 0.1) is 0 Å². The third-order valence-electron chi connectivity index (χ3n) is 5.05. The Morgan fingerprint density at radius 2 is 1.21 bits per heavy atom. The van der Waals surface area contributed by atoms with E-state index in [-0.39, 0.29) is 12.5 Å². The lowest BCUT2D eigenvalue weighted by Crippen LogP contribution is -2.48. The average molecular weight is 446 g/mol. The van der Waals surface area contributed by atoms with Gasteiger partial charge in [0.2, 0.25) is 0 Å². The van der Waals surface area contributed by atoms with Crippen LogP contribution in [0.15, 0.2) is 91.0 Å². The van der Waals surface area contributed by atoms with Crippen molar-refractivity contribution in [1.82, 2.24) is 5.32 Å². The van der Waals surface area contributed by atoms with Gasteiger partial charge in [0.1, 0.15) is 18.8 Å². The van der Waals surface area contributed by atoms with Gasteiger partial charge in [0.05, 0.1) is 11.1 Å². The van der Waals surface area contributed by atoms with E-state index in [9.17, 15) is 14.4 Å². The molecule has 0 saturated heterocycles. The summed E-state index contributed by atoms with van der Waals surface area (Å²) >= 11 is 0. The molecule has 3 aromatic rings. The zero-order valence-electron chi connectivity index (χ0n) is 18.5. The Hall–Kier alpha value is -3.93. The van der Waals surface area contributed by atoms with E-state index >= 15 is 0 Å². The summed E-state index contributed by atoms with van der Waals surface area (Å²) in [5.74, 6) is -1.35. The van der Waals surface area contributed by atoms with Crippen molar-refractivity contribution in [2.24, 2.45) is 0 Å². The van der Waals surface area contributed by atoms with Crippen molar-refractivity contribution >= 4 is 17.8 Å². The van der Waals surface area contributed by atoms with Crippen molar-refractivity contribution in [3.63, 3.8) is 0 Å². The predicted molar refractivity (Wildman–Crippen MR) is 125 cm³/mol. The van der Waals surface area contributed by atoms with Gasteiger partial charge in [0.15, 0.2) is 0 Å². The van der Waals surface area contributed by atoms with Crippen molar-refractivity contribution in [2.45, 2.75) is 31.9 Å². The maximum Gasteiger partial charge on any atom is 0.338 e. The molecule has 33 heavy (non-hydrogen) atoms.